The minimum Gasteiger partial charge on any atom is -0.300 e. The molecule has 0 saturated carbocycles. The molecule has 1 unspecified atom stereocenters. The minimum atomic E-state index is -0.556. The third kappa shape index (κ3) is 6.22. The number of Topliss-reactive ketones (excluding diaryl/α,β-unsaturated/α-hetero) is 2. The van der Waals surface area contributed by atoms with Crippen molar-refractivity contribution in [3.05, 3.63) is 60.2 Å². The zero-order valence-electron chi connectivity index (χ0n) is 14.9. The summed E-state index contributed by atoms with van der Waals surface area (Å²) >= 11 is 0. The summed E-state index contributed by atoms with van der Waals surface area (Å²) in [6, 6.07) is 9.09. The number of ketones is 2. The fourth-order valence-corrected chi connectivity index (χ4v) is 2.88. The summed E-state index contributed by atoms with van der Waals surface area (Å²) in [6.07, 6.45) is 11.0. The van der Waals surface area contributed by atoms with E-state index in [2.05, 4.69) is 16.9 Å². The van der Waals surface area contributed by atoms with Gasteiger partial charge in [-0.2, -0.15) is 0 Å². The van der Waals surface area contributed by atoms with E-state index in [9.17, 15) is 9.59 Å². The first-order chi connectivity index (χ1) is 12.2. The van der Waals surface area contributed by atoms with Crippen molar-refractivity contribution in [2.24, 2.45) is 0 Å². The molecule has 2 rings (SSSR count). The molecule has 1 aromatic heterocycles. The number of benzene rings is 1. The van der Waals surface area contributed by atoms with Crippen LogP contribution in [0.25, 0.3) is 0 Å². The topological polar surface area (TPSA) is 59.9 Å². The smallest absolute Gasteiger partial charge is 0.172 e. The Morgan fingerprint density at radius 1 is 1.00 bits per heavy atom. The molecule has 4 nitrogen and oxygen atoms in total. The van der Waals surface area contributed by atoms with Crippen molar-refractivity contribution >= 4 is 11.6 Å². The SMILES string of the molecule is CCCCCCCC(=O)CC(C(=O)c1ccccc1)c1cnccn1. The lowest BCUT2D eigenvalue weighted by atomic mass is 9.89. The van der Waals surface area contributed by atoms with Gasteiger partial charge in [-0.15, -0.1) is 0 Å². The van der Waals surface area contributed by atoms with Gasteiger partial charge in [0, 0.05) is 37.0 Å². The van der Waals surface area contributed by atoms with Crippen molar-refractivity contribution in [1.29, 1.82) is 0 Å². The van der Waals surface area contributed by atoms with Crippen LogP contribution in [0.3, 0.4) is 0 Å². The van der Waals surface area contributed by atoms with Gasteiger partial charge in [-0.1, -0.05) is 62.9 Å². The van der Waals surface area contributed by atoms with Crippen LogP contribution in [0.15, 0.2) is 48.9 Å². The molecule has 0 amide bonds. The van der Waals surface area contributed by atoms with E-state index in [0.29, 0.717) is 17.7 Å². The molecule has 1 heterocycles. The van der Waals surface area contributed by atoms with Gasteiger partial charge in [-0.05, 0) is 6.42 Å². The quantitative estimate of drug-likeness (QED) is 0.438. The second-order valence-electron chi connectivity index (χ2n) is 6.32. The number of carbonyl (C=O) groups is 2. The summed E-state index contributed by atoms with van der Waals surface area (Å²) < 4.78 is 0. The molecule has 0 aliphatic heterocycles. The Morgan fingerprint density at radius 2 is 1.76 bits per heavy atom. The Labute approximate surface area is 149 Å². The Kier molecular flexibility index (Phi) is 7.96. The molecule has 132 valence electrons. The van der Waals surface area contributed by atoms with Crippen LogP contribution in [0.1, 0.15) is 73.8 Å². The zero-order valence-corrected chi connectivity index (χ0v) is 14.9. The van der Waals surface area contributed by atoms with Gasteiger partial charge in [-0.3, -0.25) is 19.6 Å². The van der Waals surface area contributed by atoms with Crippen molar-refractivity contribution in [2.45, 2.75) is 57.8 Å². The van der Waals surface area contributed by atoms with E-state index in [4.69, 9.17) is 0 Å². The molecule has 0 saturated heterocycles. The molecule has 0 spiro atoms. The Balaban J connectivity index is 2.03. The highest BCUT2D eigenvalue weighted by atomic mass is 16.1. The Bertz CT molecular complexity index is 656. The lowest BCUT2D eigenvalue weighted by molar-refractivity contribution is -0.119. The third-order valence-corrected chi connectivity index (χ3v) is 4.31. The maximum Gasteiger partial charge on any atom is 0.172 e. The average Bonchev–Trinajstić information content (AvgIpc) is 2.67. The standard InChI is InChI=1S/C21H26N2O2/c1-2-3-4-5-9-12-18(24)15-19(20-16-22-13-14-23-20)21(25)17-10-7-6-8-11-17/h6-8,10-11,13-14,16,19H,2-5,9,12,15H2,1H3. The van der Waals surface area contributed by atoms with Crippen LogP contribution in [-0.2, 0) is 4.79 Å². The van der Waals surface area contributed by atoms with Crippen LogP contribution in [-0.4, -0.2) is 21.5 Å². The highest BCUT2D eigenvalue weighted by Gasteiger charge is 2.26. The number of hydrogen-bond donors (Lipinski definition) is 0. The van der Waals surface area contributed by atoms with Crippen molar-refractivity contribution in [2.75, 3.05) is 0 Å². The van der Waals surface area contributed by atoms with Crippen molar-refractivity contribution in [1.82, 2.24) is 9.97 Å². The van der Waals surface area contributed by atoms with Gasteiger partial charge in [0.2, 0.25) is 0 Å². The first kappa shape index (κ1) is 19.0. The van der Waals surface area contributed by atoms with Gasteiger partial charge in [-0.25, -0.2) is 0 Å². The predicted molar refractivity (Wildman–Crippen MR) is 98.5 cm³/mol. The molecule has 2 aromatic rings. The number of nitrogens with zero attached hydrogens (tertiary/aromatic N) is 2. The normalized spacial score (nSPS) is 11.9. The molecule has 1 atom stereocenters. The van der Waals surface area contributed by atoms with Gasteiger partial charge in [0.05, 0.1) is 11.6 Å². The summed E-state index contributed by atoms with van der Waals surface area (Å²) in [5.74, 6) is -0.504. The highest BCUT2D eigenvalue weighted by molar-refractivity contribution is 6.02. The molecule has 0 N–H and O–H groups in total. The van der Waals surface area contributed by atoms with Gasteiger partial charge in [0.25, 0.3) is 0 Å². The maximum atomic E-state index is 12.9. The van der Waals surface area contributed by atoms with Crippen molar-refractivity contribution in [3.63, 3.8) is 0 Å². The molecular formula is C21H26N2O2. The summed E-state index contributed by atoms with van der Waals surface area (Å²) in [7, 11) is 0. The molecule has 25 heavy (non-hydrogen) atoms. The fourth-order valence-electron chi connectivity index (χ4n) is 2.88. The minimum absolute atomic E-state index is 0.0690. The first-order valence-corrected chi connectivity index (χ1v) is 9.09. The van der Waals surface area contributed by atoms with Crippen molar-refractivity contribution < 1.29 is 9.59 Å². The number of carbonyl (C=O) groups excluding carboxylic acids is 2. The summed E-state index contributed by atoms with van der Waals surface area (Å²) in [6.45, 7) is 2.17. The van der Waals surface area contributed by atoms with E-state index in [1.54, 1.807) is 30.7 Å². The number of aromatic nitrogens is 2. The van der Waals surface area contributed by atoms with Crippen LogP contribution in [0.2, 0.25) is 0 Å². The molecule has 0 aliphatic rings. The zero-order chi connectivity index (χ0) is 17.9. The van der Waals surface area contributed by atoms with Crippen LogP contribution >= 0.6 is 0 Å². The molecule has 0 radical (unpaired) electrons. The molecular weight excluding hydrogens is 312 g/mol. The van der Waals surface area contributed by atoms with E-state index in [1.165, 1.54) is 19.3 Å². The number of unbranched alkanes of at least 4 members (excludes halogenated alkanes) is 4. The summed E-state index contributed by atoms with van der Waals surface area (Å²) in [5.41, 5.74) is 1.17. The summed E-state index contributed by atoms with van der Waals surface area (Å²) in [5, 5.41) is 0. The lowest BCUT2D eigenvalue weighted by Gasteiger charge is -2.14. The fraction of sp³-hybridized carbons (Fsp3) is 0.429. The van der Waals surface area contributed by atoms with Crippen LogP contribution in [0, 0.1) is 0 Å². The number of rotatable bonds is 11. The highest BCUT2D eigenvalue weighted by Crippen LogP contribution is 2.24. The van der Waals surface area contributed by atoms with E-state index >= 15 is 0 Å². The van der Waals surface area contributed by atoms with Crippen molar-refractivity contribution in [3.8, 4) is 0 Å². The molecule has 4 heteroatoms. The molecule has 0 aliphatic carbocycles. The molecule has 0 bridgehead atoms. The first-order valence-electron chi connectivity index (χ1n) is 9.09. The largest absolute Gasteiger partial charge is 0.300 e. The maximum absolute atomic E-state index is 12.9. The predicted octanol–water partition coefficient (Wildman–Crippen LogP) is 4.76. The molecule has 0 fully saturated rings. The molecule has 1 aromatic carbocycles. The second kappa shape index (κ2) is 10.5. The Morgan fingerprint density at radius 3 is 2.44 bits per heavy atom. The monoisotopic (exact) mass is 338 g/mol. The van der Waals surface area contributed by atoms with E-state index in [-0.39, 0.29) is 18.0 Å². The number of hydrogen-bond acceptors (Lipinski definition) is 4. The van der Waals surface area contributed by atoms with Crippen LogP contribution in [0.5, 0.6) is 0 Å². The van der Waals surface area contributed by atoms with Crippen LogP contribution < -0.4 is 0 Å². The third-order valence-electron chi connectivity index (χ3n) is 4.31. The van der Waals surface area contributed by atoms with Gasteiger partial charge < -0.3 is 0 Å². The lowest BCUT2D eigenvalue weighted by Crippen LogP contribution is -2.18. The Hall–Kier alpha value is -2.36. The van der Waals surface area contributed by atoms with E-state index in [0.717, 1.165) is 12.8 Å². The van der Waals surface area contributed by atoms with E-state index < -0.39 is 5.92 Å². The average molecular weight is 338 g/mol. The summed E-state index contributed by atoms with van der Waals surface area (Å²) in [4.78, 5) is 33.6. The van der Waals surface area contributed by atoms with E-state index in [1.807, 2.05) is 18.2 Å². The van der Waals surface area contributed by atoms with Gasteiger partial charge in [0.1, 0.15) is 5.78 Å². The van der Waals surface area contributed by atoms with Gasteiger partial charge in [0.15, 0.2) is 5.78 Å². The van der Waals surface area contributed by atoms with Gasteiger partial charge >= 0.3 is 0 Å². The second-order valence-corrected chi connectivity index (χ2v) is 6.32. The van der Waals surface area contributed by atoms with Crippen LogP contribution in [0.4, 0.5) is 0 Å².